The summed E-state index contributed by atoms with van der Waals surface area (Å²) < 4.78 is 5.27. The zero-order valence-corrected chi connectivity index (χ0v) is 9.23. The molecule has 0 aromatic carbocycles. The van der Waals surface area contributed by atoms with Crippen molar-refractivity contribution in [1.29, 1.82) is 0 Å². The van der Waals surface area contributed by atoms with Crippen LogP contribution in [0, 0.1) is 5.41 Å². The monoisotopic (exact) mass is 185 g/mol. The molecule has 1 aliphatic rings. The Balaban J connectivity index is 2.24. The van der Waals surface area contributed by atoms with E-state index in [-0.39, 0.29) is 0 Å². The van der Waals surface area contributed by atoms with Gasteiger partial charge in [0.25, 0.3) is 0 Å². The molecule has 1 fully saturated rings. The molecule has 78 valence electrons. The molecule has 0 radical (unpaired) electrons. The molecule has 0 heterocycles. The fourth-order valence-corrected chi connectivity index (χ4v) is 1.84. The Bertz CT molecular complexity index is 137. The minimum absolute atomic E-state index is 0.339. The van der Waals surface area contributed by atoms with Crippen molar-refractivity contribution in [3.05, 3.63) is 0 Å². The maximum absolute atomic E-state index is 5.27. The molecule has 13 heavy (non-hydrogen) atoms. The Kier molecular flexibility index (Phi) is 4.20. The Hall–Kier alpha value is -0.0800. The second-order valence-electron chi connectivity index (χ2n) is 4.65. The number of hydrogen-bond acceptors (Lipinski definition) is 2. The minimum Gasteiger partial charge on any atom is -0.384 e. The summed E-state index contributed by atoms with van der Waals surface area (Å²) in [6.07, 6.45) is 5.23. The van der Waals surface area contributed by atoms with Gasteiger partial charge in [-0.25, -0.2) is 0 Å². The zero-order chi connectivity index (χ0) is 9.73. The molecule has 1 aliphatic carbocycles. The molecule has 1 N–H and O–H groups in total. The van der Waals surface area contributed by atoms with Crippen molar-refractivity contribution in [2.75, 3.05) is 20.3 Å². The van der Waals surface area contributed by atoms with Gasteiger partial charge in [0.15, 0.2) is 0 Å². The highest BCUT2D eigenvalue weighted by atomic mass is 16.5. The van der Waals surface area contributed by atoms with Crippen LogP contribution in [0.1, 0.15) is 39.5 Å². The van der Waals surface area contributed by atoms with Gasteiger partial charge in [-0.15, -0.1) is 0 Å². The molecule has 1 rings (SSSR count). The van der Waals surface area contributed by atoms with Crippen LogP contribution in [0.4, 0.5) is 0 Å². The number of hydrogen-bond donors (Lipinski definition) is 1. The minimum atomic E-state index is 0.339. The molecule has 0 amide bonds. The quantitative estimate of drug-likeness (QED) is 0.656. The molecule has 1 atom stereocenters. The predicted octanol–water partition coefficient (Wildman–Crippen LogP) is 2.19. The van der Waals surface area contributed by atoms with Crippen LogP contribution in [-0.2, 0) is 4.74 Å². The van der Waals surface area contributed by atoms with Crippen molar-refractivity contribution in [1.82, 2.24) is 5.32 Å². The van der Waals surface area contributed by atoms with Crippen LogP contribution in [0.2, 0.25) is 0 Å². The van der Waals surface area contributed by atoms with Gasteiger partial charge in [-0.05, 0) is 19.3 Å². The SMILES string of the molecule is CCCC(C)(CNC1CC1)COC. The summed E-state index contributed by atoms with van der Waals surface area (Å²) in [6.45, 7) is 6.54. The fraction of sp³-hybridized carbons (Fsp3) is 1.00. The van der Waals surface area contributed by atoms with Crippen LogP contribution in [0.15, 0.2) is 0 Å². The van der Waals surface area contributed by atoms with E-state index in [0.29, 0.717) is 5.41 Å². The van der Waals surface area contributed by atoms with E-state index in [9.17, 15) is 0 Å². The first-order chi connectivity index (χ1) is 6.20. The predicted molar refractivity (Wildman–Crippen MR) is 55.9 cm³/mol. The van der Waals surface area contributed by atoms with Crippen LogP contribution in [0.25, 0.3) is 0 Å². The smallest absolute Gasteiger partial charge is 0.0528 e. The van der Waals surface area contributed by atoms with E-state index in [1.54, 1.807) is 7.11 Å². The maximum atomic E-state index is 5.27. The van der Waals surface area contributed by atoms with Crippen LogP contribution >= 0.6 is 0 Å². The van der Waals surface area contributed by atoms with Crippen LogP contribution < -0.4 is 5.32 Å². The molecule has 2 nitrogen and oxygen atoms in total. The standard InChI is InChI=1S/C11H23NO/c1-4-7-11(2,9-13-3)8-12-10-5-6-10/h10,12H,4-9H2,1-3H3. The maximum Gasteiger partial charge on any atom is 0.0528 e. The fourth-order valence-electron chi connectivity index (χ4n) is 1.84. The van der Waals surface area contributed by atoms with E-state index in [1.807, 2.05) is 0 Å². The summed E-state index contributed by atoms with van der Waals surface area (Å²) in [4.78, 5) is 0. The molecule has 2 heteroatoms. The van der Waals surface area contributed by atoms with Gasteiger partial charge in [0.2, 0.25) is 0 Å². The second-order valence-corrected chi connectivity index (χ2v) is 4.65. The lowest BCUT2D eigenvalue weighted by molar-refractivity contribution is 0.0836. The van der Waals surface area contributed by atoms with E-state index in [1.165, 1.54) is 25.7 Å². The third kappa shape index (κ3) is 4.10. The molecule has 1 unspecified atom stereocenters. The van der Waals surface area contributed by atoms with Gasteiger partial charge >= 0.3 is 0 Å². The van der Waals surface area contributed by atoms with E-state index in [0.717, 1.165) is 19.2 Å². The Morgan fingerprint density at radius 2 is 2.15 bits per heavy atom. The van der Waals surface area contributed by atoms with Gasteiger partial charge in [-0.3, -0.25) is 0 Å². The average Bonchev–Trinajstić information content (AvgIpc) is 2.85. The Labute approximate surface area is 82.0 Å². The third-order valence-corrected chi connectivity index (χ3v) is 2.74. The van der Waals surface area contributed by atoms with Crippen molar-refractivity contribution < 1.29 is 4.74 Å². The number of nitrogens with one attached hydrogen (secondary N) is 1. The summed E-state index contributed by atoms with van der Waals surface area (Å²) in [5.74, 6) is 0. The molecule has 0 aliphatic heterocycles. The number of ether oxygens (including phenoxy) is 1. The van der Waals surface area contributed by atoms with Crippen LogP contribution in [0.3, 0.4) is 0 Å². The van der Waals surface area contributed by atoms with Crippen molar-refractivity contribution in [3.63, 3.8) is 0 Å². The largest absolute Gasteiger partial charge is 0.384 e. The highest BCUT2D eigenvalue weighted by molar-refractivity contribution is 4.85. The van der Waals surface area contributed by atoms with Crippen molar-refractivity contribution >= 4 is 0 Å². The average molecular weight is 185 g/mol. The number of methoxy groups -OCH3 is 1. The van der Waals surface area contributed by atoms with E-state index in [2.05, 4.69) is 19.2 Å². The lowest BCUT2D eigenvalue weighted by atomic mass is 9.86. The van der Waals surface area contributed by atoms with Gasteiger partial charge < -0.3 is 10.1 Å². The first kappa shape index (κ1) is 11.0. The lowest BCUT2D eigenvalue weighted by Gasteiger charge is -2.28. The molecule has 0 aromatic rings. The summed E-state index contributed by atoms with van der Waals surface area (Å²) in [5, 5.41) is 3.59. The molecule has 1 saturated carbocycles. The first-order valence-electron chi connectivity index (χ1n) is 5.42. The van der Waals surface area contributed by atoms with Crippen LogP contribution in [0.5, 0.6) is 0 Å². The topological polar surface area (TPSA) is 21.3 Å². The second kappa shape index (κ2) is 4.97. The zero-order valence-electron chi connectivity index (χ0n) is 9.23. The summed E-state index contributed by atoms with van der Waals surface area (Å²) >= 11 is 0. The Morgan fingerprint density at radius 3 is 2.62 bits per heavy atom. The molecular formula is C11H23NO. The first-order valence-corrected chi connectivity index (χ1v) is 5.42. The lowest BCUT2D eigenvalue weighted by Crippen LogP contribution is -2.36. The highest BCUT2D eigenvalue weighted by Crippen LogP contribution is 2.25. The summed E-state index contributed by atoms with van der Waals surface area (Å²) in [7, 11) is 1.80. The molecule has 0 spiro atoms. The van der Waals surface area contributed by atoms with E-state index in [4.69, 9.17) is 4.74 Å². The van der Waals surface area contributed by atoms with Crippen LogP contribution in [-0.4, -0.2) is 26.3 Å². The van der Waals surface area contributed by atoms with Crippen molar-refractivity contribution in [2.24, 2.45) is 5.41 Å². The summed E-state index contributed by atoms with van der Waals surface area (Å²) in [5.41, 5.74) is 0.339. The van der Waals surface area contributed by atoms with Crippen molar-refractivity contribution in [3.8, 4) is 0 Å². The molecule has 0 aromatic heterocycles. The molecule has 0 bridgehead atoms. The molecule has 0 saturated heterocycles. The van der Waals surface area contributed by atoms with Gasteiger partial charge in [0.05, 0.1) is 6.61 Å². The van der Waals surface area contributed by atoms with Gasteiger partial charge in [0, 0.05) is 25.1 Å². The highest BCUT2D eigenvalue weighted by Gasteiger charge is 2.27. The van der Waals surface area contributed by atoms with E-state index < -0.39 is 0 Å². The number of rotatable bonds is 7. The molecular weight excluding hydrogens is 162 g/mol. The Morgan fingerprint density at radius 1 is 1.46 bits per heavy atom. The van der Waals surface area contributed by atoms with E-state index >= 15 is 0 Å². The summed E-state index contributed by atoms with van der Waals surface area (Å²) in [6, 6.07) is 0.813. The van der Waals surface area contributed by atoms with Crippen molar-refractivity contribution in [2.45, 2.75) is 45.6 Å². The normalized spacial score (nSPS) is 21.5. The third-order valence-electron chi connectivity index (χ3n) is 2.74. The van der Waals surface area contributed by atoms with Gasteiger partial charge in [0.1, 0.15) is 0 Å². The van der Waals surface area contributed by atoms with Gasteiger partial charge in [-0.2, -0.15) is 0 Å². The van der Waals surface area contributed by atoms with Gasteiger partial charge in [-0.1, -0.05) is 20.3 Å².